The van der Waals surface area contributed by atoms with Crippen molar-refractivity contribution in [1.82, 2.24) is 15.8 Å². The second kappa shape index (κ2) is 6.23. The van der Waals surface area contributed by atoms with Gasteiger partial charge < -0.3 is 9.32 Å². The van der Waals surface area contributed by atoms with E-state index < -0.39 is 0 Å². The molecule has 0 aliphatic carbocycles. The lowest BCUT2D eigenvalue weighted by Crippen LogP contribution is -2.48. The minimum absolute atomic E-state index is 0.0903. The molecule has 0 saturated carbocycles. The molecule has 2 aromatic rings. The number of hydrogen-bond donors (Lipinski definition) is 2. The first-order chi connectivity index (χ1) is 10.7. The van der Waals surface area contributed by atoms with Gasteiger partial charge in [0, 0.05) is 11.4 Å². The van der Waals surface area contributed by atoms with Crippen molar-refractivity contribution in [2.75, 3.05) is 6.54 Å². The molecule has 116 valence electrons. The standard InChI is InChI=1S/C15H17N3O3S/c1-10-11(6-8-21-10)14(19)16-17-15(20)18-7-2-4-12(18)13-5-3-9-22-13/h3,5-6,8-9,12H,2,4,7H2,1H3,(H,16,19)(H,17,20)/t12-/m1/s1. The van der Waals surface area contributed by atoms with Crippen LogP contribution in [-0.2, 0) is 0 Å². The van der Waals surface area contributed by atoms with Crippen LogP contribution in [0.15, 0.2) is 34.3 Å². The summed E-state index contributed by atoms with van der Waals surface area (Å²) in [5.74, 6) is 0.135. The van der Waals surface area contributed by atoms with Gasteiger partial charge in [-0.25, -0.2) is 10.2 Å². The molecule has 1 aliphatic heterocycles. The number of nitrogens with zero attached hydrogens (tertiary/aromatic N) is 1. The van der Waals surface area contributed by atoms with Gasteiger partial charge in [0.1, 0.15) is 5.76 Å². The zero-order chi connectivity index (χ0) is 15.5. The van der Waals surface area contributed by atoms with Gasteiger partial charge in [-0.3, -0.25) is 10.2 Å². The first-order valence-corrected chi connectivity index (χ1v) is 7.99. The second-order valence-electron chi connectivity index (χ2n) is 5.14. The molecule has 1 aliphatic rings. The number of rotatable bonds is 2. The predicted molar refractivity (Wildman–Crippen MR) is 82.4 cm³/mol. The Kier molecular flexibility index (Phi) is 4.15. The number of thiophene rings is 1. The zero-order valence-electron chi connectivity index (χ0n) is 12.2. The molecular formula is C15H17N3O3S. The first kappa shape index (κ1) is 14.6. The fraction of sp³-hybridized carbons (Fsp3) is 0.333. The smallest absolute Gasteiger partial charge is 0.336 e. The van der Waals surface area contributed by atoms with Crippen molar-refractivity contribution in [2.45, 2.75) is 25.8 Å². The van der Waals surface area contributed by atoms with Crippen LogP contribution in [0, 0.1) is 6.92 Å². The second-order valence-corrected chi connectivity index (χ2v) is 6.12. The van der Waals surface area contributed by atoms with Crippen LogP contribution < -0.4 is 10.9 Å². The van der Waals surface area contributed by atoms with Gasteiger partial charge in [-0.15, -0.1) is 11.3 Å². The molecule has 3 rings (SSSR count). The van der Waals surface area contributed by atoms with Crippen molar-refractivity contribution in [1.29, 1.82) is 0 Å². The van der Waals surface area contributed by atoms with Crippen LogP contribution in [0.3, 0.4) is 0 Å². The van der Waals surface area contributed by atoms with E-state index >= 15 is 0 Å². The van der Waals surface area contributed by atoms with Crippen LogP contribution in [0.4, 0.5) is 4.79 Å². The maximum Gasteiger partial charge on any atom is 0.336 e. The van der Waals surface area contributed by atoms with Crippen molar-refractivity contribution in [3.8, 4) is 0 Å². The molecule has 1 atom stereocenters. The van der Waals surface area contributed by atoms with Gasteiger partial charge >= 0.3 is 6.03 Å². The Bertz CT molecular complexity index is 665. The van der Waals surface area contributed by atoms with Gasteiger partial charge in [0.05, 0.1) is 17.9 Å². The largest absolute Gasteiger partial charge is 0.469 e. The van der Waals surface area contributed by atoms with Crippen molar-refractivity contribution in [3.05, 3.63) is 46.0 Å². The predicted octanol–water partition coefficient (Wildman–Crippen LogP) is 2.84. The van der Waals surface area contributed by atoms with Crippen LogP contribution in [0.5, 0.6) is 0 Å². The molecule has 3 heterocycles. The molecule has 0 bridgehead atoms. The Labute approximate surface area is 132 Å². The molecule has 2 aromatic heterocycles. The number of carbonyl (C=O) groups excluding carboxylic acids is 2. The van der Waals surface area contributed by atoms with Gasteiger partial charge in [0.25, 0.3) is 5.91 Å². The highest BCUT2D eigenvalue weighted by Crippen LogP contribution is 2.34. The van der Waals surface area contributed by atoms with E-state index in [0.29, 0.717) is 17.9 Å². The summed E-state index contributed by atoms with van der Waals surface area (Å²) in [6.07, 6.45) is 3.35. The normalized spacial score (nSPS) is 17.5. The van der Waals surface area contributed by atoms with E-state index in [1.807, 2.05) is 17.5 Å². The molecule has 22 heavy (non-hydrogen) atoms. The molecule has 6 nitrogen and oxygen atoms in total. The van der Waals surface area contributed by atoms with Crippen LogP contribution in [0.2, 0.25) is 0 Å². The van der Waals surface area contributed by atoms with E-state index in [2.05, 4.69) is 10.9 Å². The van der Waals surface area contributed by atoms with Gasteiger partial charge in [0.2, 0.25) is 0 Å². The Balaban J connectivity index is 1.60. The van der Waals surface area contributed by atoms with Gasteiger partial charge in [-0.1, -0.05) is 6.07 Å². The third kappa shape index (κ3) is 2.85. The van der Waals surface area contributed by atoms with Crippen LogP contribution in [-0.4, -0.2) is 23.4 Å². The fourth-order valence-corrected chi connectivity index (χ4v) is 3.53. The molecule has 0 unspecified atom stereocenters. The Hall–Kier alpha value is -2.28. The lowest BCUT2D eigenvalue weighted by atomic mass is 10.2. The van der Waals surface area contributed by atoms with Gasteiger partial charge in [0.15, 0.2) is 0 Å². The van der Waals surface area contributed by atoms with Crippen molar-refractivity contribution >= 4 is 23.3 Å². The van der Waals surface area contributed by atoms with Crippen LogP contribution in [0.25, 0.3) is 0 Å². The summed E-state index contributed by atoms with van der Waals surface area (Å²) < 4.78 is 5.08. The Morgan fingerprint density at radius 1 is 1.36 bits per heavy atom. The average Bonchev–Trinajstić information content (AvgIpc) is 3.23. The van der Waals surface area contributed by atoms with Gasteiger partial charge in [-0.2, -0.15) is 0 Å². The number of carbonyl (C=O) groups is 2. The maximum atomic E-state index is 12.3. The van der Waals surface area contributed by atoms with Crippen LogP contribution in [0.1, 0.15) is 39.9 Å². The number of urea groups is 1. The average molecular weight is 319 g/mol. The number of furan rings is 1. The summed E-state index contributed by atoms with van der Waals surface area (Å²) in [7, 11) is 0. The van der Waals surface area contributed by atoms with Crippen LogP contribution >= 0.6 is 11.3 Å². The van der Waals surface area contributed by atoms with Crippen molar-refractivity contribution in [2.24, 2.45) is 0 Å². The third-order valence-corrected chi connectivity index (χ3v) is 4.75. The zero-order valence-corrected chi connectivity index (χ0v) is 13.0. The number of nitrogens with one attached hydrogen (secondary N) is 2. The van der Waals surface area contributed by atoms with E-state index in [4.69, 9.17) is 4.42 Å². The quantitative estimate of drug-likeness (QED) is 0.836. The highest BCUT2D eigenvalue weighted by molar-refractivity contribution is 7.10. The number of hydrogen-bond acceptors (Lipinski definition) is 4. The van der Waals surface area contributed by atoms with E-state index in [0.717, 1.165) is 12.8 Å². The van der Waals surface area contributed by atoms with E-state index in [9.17, 15) is 9.59 Å². The summed E-state index contributed by atoms with van der Waals surface area (Å²) in [5, 5.41) is 2.01. The highest BCUT2D eigenvalue weighted by Gasteiger charge is 2.30. The summed E-state index contributed by atoms with van der Waals surface area (Å²) >= 11 is 1.64. The van der Waals surface area contributed by atoms with E-state index in [-0.39, 0.29) is 18.0 Å². The number of hydrazine groups is 1. The number of likely N-dealkylation sites (tertiary alicyclic amines) is 1. The van der Waals surface area contributed by atoms with E-state index in [1.165, 1.54) is 11.1 Å². The summed E-state index contributed by atoms with van der Waals surface area (Å²) in [4.78, 5) is 27.2. The first-order valence-electron chi connectivity index (χ1n) is 7.11. The maximum absolute atomic E-state index is 12.3. The fourth-order valence-electron chi connectivity index (χ4n) is 2.66. The highest BCUT2D eigenvalue weighted by atomic mass is 32.1. The molecule has 0 radical (unpaired) electrons. The summed E-state index contributed by atoms with van der Waals surface area (Å²) in [6.45, 7) is 2.39. The molecular weight excluding hydrogens is 302 g/mol. The number of aryl methyl sites for hydroxylation is 1. The van der Waals surface area contributed by atoms with E-state index in [1.54, 1.807) is 29.2 Å². The topological polar surface area (TPSA) is 74.6 Å². The third-order valence-electron chi connectivity index (χ3n) is 3.77. The minimum Gasteiger partial charge on any atom is -0.469 e. The molecule has 1 saturated heterocycles. The number of amides is 3. The molecule has 2 N–H and O–H groups in total. The Morgan fingerprint density at radius 3 is 2.91 bits per heavy atom. The monoisotopic (exact) mass is 319 g/mol. The molecule has 7 heteroatoms. The lowest BCUT2D eigenvalue weighted by Gasteiger charge is -2.24. The Morgan fingerprint density at radius 2 is 2.23 bits per heavy atom. The summed E-state index contributed by atoms with van der Waals surface area (Å²) in [5.41, 5.74) is 5.33. The summed E-state index contributed by atoms with van der Waals surface area (Å²) in [6, 6.07) is 5.39. The van der Waals surface area contributed by atoms with Gasteiger partial charge in [-0.05, 0) is 37.3 Å². The SMILES string of the molecule is Cc1occc1C(=O)NNC(=O)N1CCC[C@@H]1c1cccs1. The lowest BCUT2D eigenvalue weighted by molar-refractivity contribution is 0.0927. The molecule has 0 aromatic carbocycles. The molecule has 1 fully saturated rings. The minimum atomic E-state index is -0.383. The molecule has 3 amide bonds. The van der Waals surface area contributed by atoms with Crippen molar-refractivity contribution in [3.63, 3.8) is 0 Å². The van der Waals surface area contributed by atoms with Crippen molar-refractivity contribution < 1.29 is 14.0 Å². The molecule has 0 spiro atoms.